The monoisotopic (exact) mass is 290 g/mol. The number of carbonyl (C=O) groups excluding carboxylic acids is 1. The van der Waals surface area contributed by atoms with E-state index in [2.05, 4.69) is 29.7 Å². The highest BCUT2D eigenvalue weighted by atomic mass is 16.5. The van der Waals surface area contributed by atoms with Crippen LogP contribution in [0.25, 0.3) is 0 Å². The second-order valence-corrected chi connectivity index (χ2v) is 6.81. The van der Waals surface area contributed by atoms with Crippen LogP contribution in [0.4, 0.5) is 0 Å². The van der Waals surface area contributed by atoms with Crippen LogP contribution in [0.2, 0.25) is 0 Å². The molecule has 4 nitrogen and oxygen atoms in total. The molecular weight excluding hydrogens is 264 g/mol. The number of aryl methyl sites for hydroxylation is 1. The summed E-state index contributed by atoms with van der Waals surface area (Å²) >= 11 is 0. The van der Waals surface area contributed by atoms with Gasteiger partial charge in [0.2, 0.25) is 5.91 Å². The maximum absolute atomic E-state index is 11.7. The average Bonchev–Trinajstić information content (AvgIpc) is 2.74. The summed E-state index contributed by atoms with van der Waals surface area (Å²) in [7, 11) is 0. The van der Waals surface area contributed by atoms with Gasteiger partial charge >= 0.3 is 0 Å². The lowest BCUT2D eigenvalue weighted by Gasteiger charge is -2.20. The van der Waals surface area contributed by atoms with Gasteiger partial charge in [-0.15, -0.1) is 0 Å². The molecule has 1 amide bonds. The van der Waals surface area contributed by atoms with Crippen LogP contribution >= 0.6 is 0 Å². The van der Waals surface area contributed by atoms with E-state index >= 15 is 0 Å². The predicted molar refractivity (Wildman–Crippen MR) is 84.7 cm³/mol. The molecule has 0 fully saturated rings. The van der Waals surface area contributed by atoms with Gasteiger partial charge in [-0.2, -0.15) is 0 Å². The number of fused-ring (bicyclic) bond motifs is 1. The van der Waals surface area contributed by atoms with E-state index in [0.717, 1.165) is 18.7 Å². The Bertz CT molecular complexity index is 506. The Morgan fingerprint density at radius 3 is 2.86 bits per heavy atom. The van der Waals surface area contributed by atoms with Crippen LogP contribution in [0.5, 0.6) is 5.75 Å². The van der Waals surface area contributed by atoms with Crippen LogP contribution in [0, 0.1) is 6.92 Å². The van der Waals surface area contributed by atoms with Crippen LogP contribution in [-0.4, -0.2) is 30.6 Å². The zero-order valence-electron chi connectivity index (χ0n) is 13.5. The number of amides is 1. The minimum Gasteiger partial charge on any atom is -0.488 e. The molecule has 1 atom stereocenters. The fourth-order valence-corrected chi connectivity index (χ4v) is 2.51. The van der Waals surface area contributed by atoms with Gasteiger partial charge in [0.25, 0.3) is 0 Å². The van der Waals surface area contributed by atoms with Crippen LogP contribution < -0.4 is 15.4 Å². The van der Waals surface area contributed by atoms with Crippen molar-refractivity contribution in [1.29, 1.82) is 0 Å². The lowest BCUT2D eigenvalue weighted by Crippen LogP contribution is -2.42. The first-order valence-corrected chi connectivity index (χ1v) is 7.61. The van der Waals surface area contributed by atoms with Gasteiger partial charge in [0.1, 0.15) is 11.9 Å². The number of rotatable bonds is 5. The van der Waals surface area contributed by atoms with Gasteiger partial charge in [-0.1, -0.05) is 17.7 Å². The van der Waals surface area contributed by atoms with Gasteiger partial charge in [-0.3, -0.25) is 4.79 Å². The van der Waals surface area contributed by atoms with E-state index in [1.54, 1.807) is 0 Å². The quantitative estimate of drug-likeness (QED) is 0.817. The highest BCUT2D eigenvalue weighted by Crippen LogP contribution is 2.29. The Labute approximate surface area is 127 Å². The molecule has 0 saturated heterocycles. The first-order valence-electron chi connectivity index (χ1n) is 7.61. The lowest BCUT2D eigenvalue weighted by molar-refractivity contribution is -0.122. The molecule has 1 aromatic rings. The fourth-order valence-electron chi connectivity index (χ4n) is 2.51. The smallest absolute Gasteiger partial charge is 0.221 e. The molecule has 0 bridgehead atoms. The van der Waals surface area contributed by atoms with Crippen molar-refractivity contribution in [3.8, 4) is 5.75 Å². The third kappa shape index (κ3) is 5.05. The Morgan fingerprint density at radius 2 is 2.14 bits per heavy atom. The highest BCUT2D eigenvalue weighted by Gasteiger charge is 2.22. The van der Waals surface area contributed by atoms with Gasteiger partial charge in [0.15, 0.2) is 0 Å². The van der Waals surface area contributed by atoms with Gasteiger partial charge in [0.05, 0.1) is 0 Å². The standard InChI is InChI=1S/C17H26N2O2/c1-12-5-6-15-13(9-12)10-14(21-15)11-18-8-7-16(20)19-17(2,3)4/h5-6,9,14,18H,7-8,10-11H2,1-4H3,(H,19,20). The van der Waals surface area contributed by atoms with Crippen LogP contribution in [0.1, 0.15) is 38.3 Å². The molecule has 2 N–H and O–H groups in total. The summed E-state index contributed by atoms with van der Waals surface area (Å²) in [4.78, 5) is 11.7. The van der Waals surface area contributed by atoms with Gasteiger partial charge in [0, 0.05) is 31.5 Å². The Hall–Kier alpha value is -1.55. The fraction of sp³-hybridized carbons (Fsp3) is 0.588. The number of benzene rings is 1. The third-order valence-corrected chi connectivity index (χ3v) is 3.37. The van der Waals surface area contributed by atoms with Crippen molar-refractivity contribution in [3.05, 3.63) is 29.3 Å². The summed E-state index contributed by atoms with van der Waals surface area (Å²) in [5, 5.41) is 6.27. The first-order chi connectivity index (χ1) is 9.83. The summed E-state index contributed by atoms with van der Waals surface area (Å²) in [6.07, 6.45) is 1.61. The van der Waals surface area contributed by atoms with Gasteiger partial charge in [-0.05, 0) is 39.3 Å². The van der Waals surface area contributed by atoms with E-state index in [1.807, 2.05) is 26.8 Å². The number of hydrogen-bond acceptors (Lipinski definition) is 3. The number of carbonyl (C=O) groups is 1. The molecule has 0 aromatic heterocycles. The lowest BCUT2D eigenvalue weighted by atomic mass is 10.1. The number of nitrogens with one attached hydrogen (secondary N) is 2. The van der Waals surface area contributed by atoms with E-state index in [4.69, 9.17) is 4.74 Å². The van der Waals surface area contributed by atoms with E-state index in [-0.39, 0.29) is 17.6 Å². The van der Waals surface area contributed by atoms with Crippen molar-refractivity contribution in [3.63, 3.8) is 0 Å². The molecule has 4 heteroatoms. The highest BCUT2D eigenvalue weighted by molar-refractivity contribution is 5.76. The Kier molecular flexibility index (Phi) is 4.88. The van der Waals surface area contributed by atoms with Crippen LogP contribution in [0.15, 0.2) is 18.2 Å². The molecular formula is C17H26N2O2. The Morgan fingerprint density at radius 1 is 1.38 bits per heavy atom. The molecule has 0 aliphatic carbocycles. The summed E-state index contributed by atoms with van der Waals surface area (Å²) in [5.74, 6) is 1.08. The average molecular weight is 290 g/mol. The third-order valence-electron chi connectivity index (χ3n) is 3.37. The predicted octanol–water partition coefficient (Wildman–Crippen LogP) is 2.19. The van der Waals surface area contributed by atoms with E-state index in [9.17, 15) is 4.79 Å². The molecule has 1 aliphatic rings. The zero-order chi connectivity index (χ0) is 15.5. The molecule has 2 rings (SSSR count). The Balaban J connectivity index is 1.66. The molecule has 0 spiro atoms. The molecule has 1 aromatic carbocycles. The largest absolute Gasteiger partial charge is 0.488 e. The molecule has 21 heavy (non-hydrogen) atoms. The van der Waals surface area contributed by atoms with Crippen molar-refractivity contribution in [2.45, 2.75) is 52.2 Å². The SMILES string of the molecule is Cc1ccc2c(c1)CC(CNCCC(=O)NC(C)(C)C)O2. The van der Waals surface area contributed by atoms with Crippen molar-refractivity contribution in [2.75, 3.05) is 13.1 Å². The van der Waals surface area contributed by atoms with Crippen molar-refractivity contribution >= 4 is 5.91 Å². The summed E-state index contributed by atoms with van der Waals surface area (Å²) < 4.78 is 5.89. The summed E-state index contributed by atoms with van der Waals surface area (Å²) in [6, 6.07) is 6.30. The summed E-state index contributed by atoms with van der Waals surface area (Å²) in [5.41, 5.74) is 2.39. The number of ether oxygens (including phenoxy) is 1. The summed E-state index contributed by atoms with van der Waals surface area (Å²) in [6.45, 7) is 9.52. The van der Waals surface area contributed by atoms with Crippen molar-refractivity contribution < 1.29 is 9.53 Å². The molecule has 0 saturated carbocycles. The maximum atomic E-state index is 11.7. The minimum absolute atomic E-state index is 0.0845. The van der Waals surface area contributed by atoms with Gasteiger partial charge in [-0.25, -0.2) is 0 Å². The van der Waals surface area contributed by atoms with Crippen molar-refractivity contribution in [2.24, 2.45) is 0 Å². The molecule has 1 unspecified atom stereocenters. The van der Waals surface area contributed by atoms with E-state index in [0.29, 0.717) is 13.0 Å². The topological polar surface area (TPSA) is 50.4 Å². The second-order valence-electron chi connectivity index (χ2n) is 6.81. The van der Waals surface area contributed by atoms with Crippen LogP contribution in [-0.2, 0) is 11.2 Å². The minimum atomic E-state index is -0.162. The normalized spacial score (nSPS) is 17.2. The number of hydrogen-bond donors (Lipinski definition) is 2. The molecule has 116 valence electrons. The van der Waals surface area contributed by atoms with Crippen LogP contribution in [0.3, 0.4) is 0 Å². The van der Waals surface area contributed by atoms with E-state index in [1.165, 1.54) is 11.1 Å². The first kappa shape index (κ1) is 15.8. The van der Waals surface area contributed by atoms with Crippen molar-refractivity contribution in [1.82, 2.24) is 10.6 Å². The zero-order valence-corrected chi connectivity index (χ0v) is 13.5. The molecule has 1 heterocycles. The van der Waals surface area contributed by atoms with Gasteiger partial charge < -0.3 is 15.4 Å². The maximum Gasteiger partial charge on any atom is 0.221 e. The van der Waals surface area contributed by atoms with E-state index < -0.39 is 0 Å². The second kappa shape index (κ2) is 6.48. The molecule has 1 aliphatic heterocycles. The molecule has 0 radical (unpaired) electrons.